The van der Waals surface area contributed by atoms with E-state index in [0.29, 0.717) is 24.3 Å². The van der Waals surface area contributed by atoms with E-state index in [2.05, 4.69) is 9.98 Å². The van der Waals surface area contributed by atoms with E-state index in [1.807, 2.05) is 12.1 Å². The van der Waals surface area contributed by atoms with Gasteiger partial charge < -0.3 is 20.9 Å². The molecular formula is C20H22F2N4O2. The molecule has 4 N–H and O–H groups in total. The fourth-order valence-corrected chi connectivity index (χ4v) is 3.07. The molecule has 0 aliphatic carbocycles. The number of nitrogens with zero attached hydrogens (tertiary/aromatic N) is 2. The normalized spacial score (nSPS) is 20.4. The molecule has 2 heterocycles. The van der Waals surface area contributed by atoms with E-state index in [9.17, 15) is 8.78 Å². The molecule has 6 nitrogen and oxygen atoms in total. The molecule has 2 atom stereocenters. The van der Waals surface area contributed by atoms with Crippen LogP contribution in [0.4, 0.5) is 8.78 Å². The van der Waals surface area contributed by atoms with Crippen molar-refractivity contribution in [3.05, 3.63) is 70.3 Å². The van der Waals surface area contributed by atoms with Crippen molar-refractivity contribution in [2.24, 2.45) is 21.5 Å². The predicted molar refractivity (Wildman–Crippen MR) is 103 cm³/mol. The molecule has 4 rings (SSSR count). The van der Waals surface area contributed by atoms with E-state index >= 15 is 0 Å². The molecule has 0 saturated heterocycles. The van der Waals surface area contributed by atoms with E-state index in [4.69, 9.17) is 20.9 Å². The second kappa shape index (κ2) is 8.24. The third-order valence-corrected chi connectivity index (χ3v) is 4.68. The van der Waals surface area contributed by atoms with Crippen molar-refractivity contribution < 1.29 is 18.3 Å². The lowest BCUT2D eigenvalue weighted by Crippen LogP contribution is -2.10. The largest absolute Gasteiger partial charge is 0.463 e. The minimum absolute atomic E-state index is 0.161. The minimum Gasteiger partial charge on any atom is -0.463 e. The van der Waals surface area contributed by atoms with Gasteiger partial charge in [0, 0.05) is 0 Å². The van der Waals surface area contributed by atoms with Gasteiger partial charge in [-0.2, -0.15) is 0 Å². The molecule has 2 aliphatic rings. The van der Waals surface area contributed by atoms with Gasteiger partial charge in [-0.1, -0.05) is 24.3 Å². The fourth-order valence-electron chi connectivity index (χ4n) is 3.07. The lowest BCUT2D eigenvalue weighted by Gasteiger charge is -2.09. The molecule has 28 heavy (non-hydrogen) atoms. The summed E-state index contributed by atoms with van der Waals surface area (Å²) in [5.41, 5.74) is 13.7. The molecule has 0 aromatic heterocycles. The van der Waals surface area contributed by atoms with Crippen LogP contribution in [0, 0.1) is 25.5 Å². The number of nitrogens with two attached hydrogens (primary N) is 2. The number of ether oxygens (including phenoxy) is 2. The topological polar surface area (TPSA) is 95.2 Å². The molecule has 2 aliphatic heterocycles. The highest BCUT2D eigenvalue weighted by atomic mass is 19.1. The molecule has 0 bridgehead atoms. The van der Waals surface area contributed by atoms with Crippen molar-refractivity contribution in [3.8, 4) is 0 Å². The lowest BCUT2D eigenvalue weighted by molar-refractivity contribution is 0.314. The Labute approximate surface area is 161 Å². The monoisotopic (exact) mass is 388 g/mol. The van der Waals surface area contributed by atoms with Crippen LogP contribution in [0.3, 0.4) is 0 Å². The quantitative estimate of drug-likeness (QED) is 0.827. The average molecular weight is 388 g/mol. The average Bonchev–Trinajstić information content (AvgIpc) is 3.29. The van der Waals surface area contributed by atoms with E-state index in [0.717, 1.165) is 11.1 Å². The Balaban J connectivity index is 0.000000161. The molecule has 0 spiro atoms. The van der Waals surface area contributed by atoms with Crippen molar-refractivity contribution in [1.82, 2.24) is 0 Å². The van der Waals surface area contributed by atoms with E-state index in [1.165, 1.54) is 12.1 Å². The zero-order chi connectivity index (χ0) is 20.3. The lowest BCUT2D eigenvalue weighted by atomic mass is 10.0. The first-order chi connectivity index (χ1) is 13.4. The highest BCUT2D eigenvalue weighted by molar-refractivity contribution is 5.73. The van der Waals surface area contributed by atoms with Crippen molar-refractivity contribution in [2.75, 3.05) is 13.2 Å². The summed E-state index contributed by atoms with van der Waals surface area (Å²) < 4.78 is 36.5. The van der Waals surface area contributed by atoms with Gasteiger partial charge in [-0.05, 0) is 48.2 Å². The first kappa shape index (κ1) is 19.6. The summed E-state index contributed by atoms with van der Waals surface area (Å²) in [7, 11) is 0. The van der Waals surface area contributed by atoms with Crippen LogP contribution < -0.4 is 11.5 Å². The third-order valence-electron chi connectivity index (χ3n) is 4.68. The van der Waals surface area contributed by atoms with Gasteiger partial charge in [-0.3, -0.25) is 0 Å². The van der Waals surface area contributed by atoms with Gasteiger partial charge in [-0.15, -0.1) is 0 Å². The Kier molecular flexibility index (Phi) is 5.77. The Morgan fingerprint density at radius 1 is 0.786 bits per heavy atom. The highest BCUT2D eigenvalue weighted by Gasteiger charge is 2.22. The van der Waals surface area contributed by atoms with Crippen LogP contribution in [-0.2, 0) is 9.47 Å². The van der Waals surface area contributed by atoms with Gasteiger partial charge in [0.25, 0.3) is 12.0 Å². The summed E-state index contributed by atoms with van der Waals surface area (Å²) in [6, 6.07) is 9.92. The number of amidine groups is 2. The molecule has 0 fully saturated rings. The zero-order valence-corrected chi connectivity index (χ0v) is 15.7. The fraction of sp³-hybridized carbons (Fsp3) is 0.300. The van der Waals surface area contributed by atoms with Crippen LogP contribution in [0.15, 0.2) is 46.4 Å². The Hall–Kier alpha value is -3.16. The van der Waals surface area contributed by atoms with Gasteiger partial charge in [0.1, 0.15) is 36.9 Å². The summed E-state index contributed by atoms with van der Waals surface area (Å²) in [5.74, 6) is -0.439. The van der Waals surface area contributed by atoms with Crippen molar-refractivity contribution in [3.63, 3.8) is 0 Å². The standard InChI is InChI=1S/2C10H11FN2O/c2*1-6-7(3-2-4-8(6)11)9-5-14-10(12)13-9/h2*2-4,9H,5H2,1H3,(H2,12,13)/t9-;/m0./s1. The minimum atomic E-state index is -0.219. The molecule has 0 saturated carbocycles. The molecule has 148 valence electrons. The molecular weight excluding hydrogens is 366 g/mol. The van der Waals surface area contributed by atoms with Crippen molar-refractivity contribution in [2.45, 2.75) is 25.9 Å². The van der Waals surface area contributed by atoms with Crippen molar-refractivity contribution >= 4 is 12.0 Å². The van der Waals surface area contributed by atoms with Gasteiger partial charge in [-0.25, -0.2) is 18.8 Å². The van der Waals surface area contributed by atoms with E-state index in [1.54, 1.807) is 26.0 Å². The Bertz CT molecular complexity index is 855. The molecule has 1 unspecified atom stereocenters. The molecule has 8 heteroatoms. The van der Waals surface area contributed by atoms with Gasteiger partial charge in [0.15, 0.2) is 0 Å². The van der Waals surface area contributed by atoms with Gasteiger partial charge >= 0.3 is 0 Å². The molecule has 2 aromatic carbocycles. The van der Waals surface area contributed by atoms with Gasteiger partial charge in [0.2, 0.25) is 0 Å². The maximum Gasteiger partial charge on any atom is 0.282 e. The first-order valence-electron chi connectivity index (χ1n) is 8.79. The number of aliphatic imine (C=N–C) groups is 2. The SMILES string of the molecule is Cc1c(F)cccc1C1COC(N)=N1.Cc1c(F)cccc1[C@@H]1COC(N)=N1. The predicted octanol–water partition coefficient (Wildman–Crippen LogP) is 3.04. The van der Waals surface area contributed by atoms with Crippen LogP contribution >= 0.6 is 0 Å². The van der Waals surface area contributed by atoms with Crippen LogP contribution in [0.5, 0.6) is 0 Å². The Morgan fingerprint density at radius 3 is 1.50 bits per heavy atom. The summed E-state index contributed by atoms with van der Waals surface area (Å²) in [5, 5.41) is 0. The van der Waals surface area contributed by atoms with E-state index < -0.39 is 0 Å². The summed E-state index contributed by atoms with van der Waals surface area (Å²) in [6.45, 7) is 4.26. The van der Waals surface area contributed by atoms with Crippen LogP contribution in [0.25, 0.3) is 0 Å². The second-order valence-corrected chi connectivity index (χ2v) is 6.50. The maximum atomic E-state index is 13.2. The number of benzene rings is 2. The highest BCUT2D eigenvalue weighted by Crippen LogP contribution is 2.27. The van der Waals surface area contributed by atoms with Crippen LogP contribution in [0.1, 0.15) is 34.3 Å². The third kappa shape index (κ3) is 4.21. The van der Waals surface area contributed by atoms with Gasteiger partial charge in [0.05, 0.1) is 0 Å². The number of hydrogen-bond donors (Lipinski definition) is 2. The second-order valence-electron chi connectivity index (χ2n) is 6.50. The first-order valence-corrected chi connectivity index (χ1v) is 8.79. The smallest absolute Gasteiger partial charge is 0.282 e. The molecule has 0 amide bonds. The van der Waals surface area contributed by atoms with Crippen molar-refractivity contribution in [1.29, 1.82) is 0 Å². The number of halogens is 2. The zero-order valence-electron chi connectivity index (χ0n) is 15.7. The van der Waals surface area contributed by atoms with E-state index in [-0.39, 0.29) is 35.8 Å². The number of hydrogen-bond acceptors (Lipinski definition) is 6. The van der Waals surface area contributed by atoms with Crippen LogP contribution in [0.2, 0.25) is 0 Å². The summed E-state index contributed by atoms with van der Waals surface area (Å²) >= 11 is 0. The Morgan fingerprint density at radius 2 is 1.18 bits per heavy atom. The number of rotatable bonds is 2. The molecule has 2 aromatic rings. The maximum absolute atomic E-state index is 13.2. The molecule has 0 radical (unpaired) electrons. The summed E-state index contributed by atoms with van der Waals surface area (Å²) in [6.07, 6.45) is 0. The van der Waals surface area contributed by atoms with Crippen LogP contribution in [-0.4, -0.2) is 25.3 Å². The summed E-state index contributed by atoms with van der Waals surface area (Å²) in [4.78, 5) is 8.13.